The highest BCUT2D eigenvalue weighted by atomic mass is 32.1. The predicted octanol–water partition coefficient (Wildman–Crippen LogP) is 1.89. The Labute approximate surface area is 107 Å². The molecule has 0 saturated carbocycles. The highest BCUT2D eigenvalue weighted by molar-refractivity contribution is 7.17. The summed E-state index contributed by atoms with van der Waals surface area (Å²) in [6.45, 7) is 1.71. The summed E-state index contributed by atoms with van der Waals surface area (Å²) in [4.78, 5) is 26.9. The number of fused-ring (bicyclic) bond motifs is 1. The van der Waals surface area contributed by atoms with E-state index < -0.39 is 17.9 Å². The van der Waals surface area contributed by atoms with Gasteiger partial charge in [-0.15, -0.1) is 11.3 Å². The van der Waals surface area contributed by atoms with E-state index in [1.165, 1.54) is 17.5 Å². The number of carboxylic acid groups (broad SMARTS) is 1. The molecule has 0 bridgehead atoms. The quantitative estimate of drug-likeness (QED) is 0.883. The molecule has 18 heavy (non-hydrogen) atoms. The molecular formula is C12H12N2O3S. The fraction of sp³-hybridized carbons (Fsp3) is 0.250. The molecule has 0 aliphatic carbocycles. The smallest absolute Gasteiger partial charge is 0.326 e. The van der Waals surface area contributed by atoms with Gasteiger partial charge in [0, 0.05) is 6.20 Å². The van der Waals surface area contributed by atoms with E-state index in [2.05, 4.69) is 10.3 Å². The zero-order chi connectivity index (χ0) is 13.1. The van der Waals surface area contributed by atoms with E-state index in [0.29, 0.717) is 12.0 Å². The van der Waals surface area contributed by atoms with Crippen LogP contribution in [-0.4, -0.2) is 28.0 Å². The lowest BCUT2D eigenvalue weighted by molar-refractivity contribution is -0.139. The second-order valence-electron chi connectivity index (χ2n) is 3.80. The van der Waals surface area contributed by atoms with Gasteiger partial charge in [0.05, 0.1) is 15.8 Å². The predicted molar refractivity (Wildman–Crippen MR) is 68.8 cm³/mol. The first-order valence-corrected chi connectivity index (χ1v) is 6.36. The summed E-state index contributed by atoms with van der Waals surface area (Å²) >= 11 is 1.49. The van der Waals surface area contributed by atoms with Gasteiger partial charge in [0.15, 0.2) is 0 Å². The molecule has 2 rings (SSSR count). The number of aromatic nitrogens is 1. The van der Waals surface area contributed by atoms with Gasteiger partial charge in [0.25, 0.3) is 5.91 Å². The Morgan fingerprint density at radius 2 is 2.33 bits per heavy atom. The summed E-state index contributed by atoms with van der Waals surface area (Å²) in [6, 6.07) is 2.72. The number of aliphatic carboxylic acids is 1. The first-order valence-electron chi connectivity index (χ1n) is 5.48. The Bertz CT molecular complexity index is 594. The van der Waals surface area contributed by atoms with Gasteiger partial charge in [-0.05, 0) is 23.9 Å². The number of hydrogen-bond donors (Lipinski definition) is 2. The van der Waals surface area contributed by atoms with Crippen LogP contribution in [-0.2, 0) is 4.79 Å². The third-order valence-corrected chi connectivity index (χ3v) is 3.43. The van der Waals surface area contributed by atoms with Crippen LogP contribution in [0.25, 0.3) is 10.2 Å². The van der Waals surface area contributed by atoms with Crippen molar-refractivity contribution in [3.8, 4) is 0 Å². The van der Waals surface area contributed by atoms with E-state index in [0.717, 1.165) is 10.2 Å². The van der Waals surface area contributed by atoms with E-state index in [1.54, 1.807) is 13.0 Å². The van der Waals surface area contributed by atoms with Crippen LogP contribution in [0.3, 0.4) is 0 Å². The first kappa shape index (κ1) is 12.5. The second-order valence-corrected chi connectivity index (χ2v) is 4.75. The Kier molecular flexibility index (Phi) is 3.57. The second kappa shape index (κ2) is 5.14. The van der Waals surface area contributed by atoms with Gasteiger partial charge in [0.2, 0.25) is 0 Å². The average Bonchev–Trinajstić information content (AvgIpc) is 2.82. The number of nitrogens with zero attached hydrogens (tertiary/aromatic N) is 1. The molecule has 0 fully saturated rings. The number of pyridine rings is 1. The number of hydrogen-bond acceptors (Lipinski definition) is 4. The normalized spacial score (nSPS) is 12.3. The van der Waals surface area contributed by atoms with Crippen LogP contribution in [0.2, 0.25) is 0 Å². The van der Waals surface area contributed by atoms with Crippen molar-refractivity contribution in [1.29, 1.82) is 0 Å². The summed E-state index contributed by atoms with van der Waals surface area (Å²) in [5.74, 6) is -1.44. The molecular weight excluding hydrogens is 252 g/mol. The summed E-state index contributed by atoms with van der Waals surface area (Å²) in [7, 11) is 0. The summed E-state index contributed by atoms with van der Waals surface area (Å²) in [5, 5.41) is 13.2. The number of amides is 1. The molecule has 0 radical (unpaired) electrons. The minimum atomic E-state index is -1.03. The van der Waals surface area contributed by atoms with Gasteiger partial charge in [-0.2, -0.15) is 0 Å². The molecule has 0 spiro atoms. The average molecular weight is 264 g/mol. The SMILES string of the molecule is CC[C@H](NC(=O)c1cnc2ccsc2c1)C(=O)O. The van der Waals surface area contributed by atoms with Crippen molar-refractivity contribution in [2.45, 2.75) is 19.4 Å². The summed E-state index contributed by atoms with van der Waals surface area (Å²) in [5.41, 5.74) is 1.21. The van der Waals surface area contributed by atoms with Gasteiger partial charge in [-0.25, -0.2) is 4.79 Å². The molecule has 0 aliphatic rings. The van der Waals surface area contributed by atoms with Gasteiger partial charge >= 0.3 is 5.97 Å². The Balaban J connectivity index is 2.19. The summed E-state index contributed by atoms with van der Waals surface area (Å²) < 4.78 is 0.908. The van der Waals surface area contributed by atoms with Crippen molar-refractivity contribution < 1.29 is 14.7 Å². The Hall–Kier alpha value is -1.95. The standard InChI is InChI=1S/C12H12N2O3S/c1-2-8(12(16)17)14-11(15)7-5-10-9(13-6-7)3-4-18-10/h3-6,8H,2H2,1H3,(H,14,15)(H,16,17)/t8-/m0/s1. The van der Waals surface area contributed by atoms with E-state index in [4.69, 9.17) is 5.11 Å². The maximum absolute atomic E-state index is 11.9. The van der Waals surface area contributed by atoms with Crippen molar-refractivity contribution in [1.82, 2.24) is 10.3 Å². The van der Waals surface area contributed by atoms with E-state index in [-0.39, 0.29) is 0 Å². The molecule has 1 atom stereocenters. The molecule has 0 aromatic carbocycles. The number of thiophene rings is 1. The van der Waals surface area contributed by atoms with Crippen LogP contribution in [0.5, 0.6) is 0 Å². The first-order chi connectivity index (χ1) is 8.61. The van der Waals surface area contributed by atoms with Crippen LogP contribution in [0.15, 0.2) is 23.7 Å². The molecule has 5 nitrogen and oxygen atoms in total. The molecule has 1 amide bonds. The highest BCUT2D eigenvalue weighted by Gasteiger charge is 2.18. The lowest BCUT2D eigenvalue weighted by Gasteiger charge is -2.11. The van der Waals surface area contributed by atoms with Crippen molar-refractivity contribution >= 4 is 33.4 Å². The molecule has 6 heteroatoms. The number of nitrogens with one attached hydrogen (secondary N) is 1. The van der Waals surface area contributed by atoms with E-state index in [9.17, 15) is 9.59 Å². The van der Waals surface area contributed by atoms with Crippen molar-refractivity contribution in [2.24, 2.45) is 0 Å². The van der Waals surface area contributed by atoms with Gasteiger partial charge in [-0.3, -0.25) is 9.78 Å². The Morgan fingerprint density at radius 3 is 3.00 bits per heavy atom. The molecule has 2 N–H and O–H groups in total. The minimum Gasteiger partial charge on any atom is -0.480 e. The van der Waals surface area contributed by atoms with Crippen molar-refractivity contribution in [3.63, 3.8) is 0 Å². The molecule has 0 aliphatic heterocycles. The number of carbonyl (C=O) groups excluding carboxylic acids is 1. The molecule has 0 saturated heterocycles. The maximum Gasteiger partial charge on any atom is 0.326 e. The number of rotatable bonds is 4. The van der Waals surface area contributed by atoms with Gasteiger partial charge < -0.3 is 10.4 Å². The van der Waals surface area contributed by atoms with Crippen LogP contribution in [0.4, 0.5) is 0 Å². The molecule has 0 unspecified atom stereocenters. The lowest BCUT2D eigenvalue weighted by Crippen LogP contribution is -2.40. The van der Waals surface area contributed by atoms with Crippen molar-refractivity contribution in [2.75, 3.05) is 0 Å². The molecule has 2 aromatic rings. The molecule has 2 heterocycles. The third-order valence-electron chi connectivity index (χ3n) is 2.58. The minimum absolute atomic E-state index is 0.343. The van der Waals surface area contributed by atoms with Crippen LogP contribution >= 0.6 is 11.3 Å². The third kappa shape index (κ3) is 2.48. The maximum atomic E-state index is 11.9. The molecule has 94 valence electrons. The van der Waals surface area contributed by atoms with Crippen LogP contribution in [0.1, 0.15) is 23.7 Å². The zero-order valence-corrected chi connectivity index (χ0v) is 10.5. The fourth-order valence-corrected chi connectivity index (χ4v) is 2.33. The van der Waals surface area contributed by atoms with Gasteiger partial charge in [0.1, 0.15) is 6.04 Å². The molecule has 2 aromatic heterocycles. The fourth-order valence-electron chi connectivity index (χ4n) is 1.55. The van der Waals surface area contributed by atoms with Crippen LogP contribution < -0.4 is 5.32 Å². The lowest BCUT2D eigenvalue weighted by atomic mass is 10.2. The Morgan fingerprint density at radius 1 is 1.56 bits per heavy atom. The largest absolute Gasteiger partial charge is 0.480 e. The zero-order valence-electron chi connectivity index (χ0n) is 9.71. The topological polar surface area (TPSA) is 79.3 Å². The van der Waals surface area contributed by atoms with Crippen molar-refractivity contribution in [3.05, 3.63) is 29.3 Å². The van der Waals surface area contributed by atoms with E-state index >= 15 is 0 Å². The van der Waals surface area contributed by atoms with Crippen LogP contribution in [0, 0.1) is 0 Å². The van der Waals surface area contributed by atoms with E-state index in [1.807, 2.05) is 11.4 Å². The number of carboxylic acids is 1. The highest BCUT2D eigenvalue weighted by Crippen LogP contribution is 2.19. The summed E-state index contributed by atoms with van der Waals surface area (Å²) in [6.07, 6.45) is 1.80. The monoisotopic (exact) mass is 264 g/mol. The van der Waals surface area contributed by atoms with Gasteiger partial charge in [-0.1, -0.05) is 6.92 Å². The number of carbonyl (C=O) groups is 2.